The second-order valence-corrected chi connectivity index (χ2v) is 11.8. The van der Waals surface area contributed by atoms with E-state index in [0.717, 1.165) is 17.7 Å². The molecule has 2 heterocycles. The number of fused-ring (bicyclic) bond motifs is 1. The molecule has 9 nitrogen and oxygen atoms in total. The van der Waals surface area contributed by atoms with Crippen LogP contribution in [0.5, 0.6) is 11.5 Å². The van der Waals surface area contributed by atoms with Gasteiger partial charge in [-0.1, -0.05) is 26.0 Å². The molecule has 2 atom stereocenters. The Morgan fingerprint density at radius 1 is 1.11 bits per heavy atom. The van der Waals surface area contributed by atoms with Crippen LogP contribution in [0.3, 0.4) is 0 Å². The Labute approximate surface area is 218 Å². The number of rotatable bonds is 9. The van der Waals surface area contributed by atoms with Gasteiger partial charge in [-0.2, -0.15) is 4.31 Å². The van der Waals surface area contributed by atoms with E-state index in [0.29, 0.717) is 38.4 Å². The van der Waals surface area contributed by atoms with Gasteiger partial charge >= 0.3 is 0 Å². The molecule has 200 valence electrons. The largest absolute Gasteiger partial charge is 0.494 e. The van der Waals surface area contributed by atoms with Crippen LogP contribution in [0.4, 0.5) is 5.69 Å². The highest BCUT2D eigenvalue weighted by Crippen LogP contribution is 2.36. The first kappa shape index (κ1) is 26.9. The number of carbonyl (C=O) groups is 2. The van der Waals surface area contributed by atoms with Gasteiger partial charge in [-0.15, -0.1) is 0 Å². The summed E-state index contributed by atoms with van der Waals surface area (Å²) in [4.78, 5) is 26.8. The molecule has 0 aliphatic carbocycles. The lowest BCUT2D eigenvalue weighted by Gasteiger charge is -2.34. The standard InChI is InChI=1S/C27H35N3O6S/c1-4-35-22-7-5-21(6-8-22)11-12-28-26(31)17-30-24-14-23(9-10-25(24)36-18-27(30)32)37(33,34)29-15-19(2)13-20(3)16-29/h5-10,14,19-20H,4,11-13,15-18H2,1-3H3,(H,28,31)/t19-,20-/m0/s1. The third-order valence-corrected chi connectivity index (χ3v) is 8.45. The summed E-state index contributed by atoms with van der Waals surface area (Å²) < 4.78 is 39.3. The highest BCUT2D eigenvalue weighted by molar-refractivity contribution is 7.89. The third kappa shape index (κ3) is 6.42. The molecule has 4 rings (SSSR count). The molecule has 2 aliphatic heterocycles. The van der Waals surface area contributed by atoms with E-state index >= 15 is 0 Å². The topological polar surface area (TPSA) is 105 Å². The van der Waals surface area contributed by atoms with Crippen LogP contribution in [0, 0.1) is 11.8 Å². The molecule has 1 N–H and O–H groups in total. The summed E-state index contributed by atoms with van der Waals surface area (Å²) in [6.07, 6.45) is 1.61. The molecule has 2 aromatic carbocycles. The van der Waals surface area contributed by atoms with E-state index in [1.54, 1.807) is 6.07 Å². The highest BCUT2D eigenvalue weighted by atomic mass is 32.2. The Hall–Kier alpha value is -3.11. The highest BCUT2D eigenvalue weighted by Gasteiger charge is 2.34. The van der Waals surface area contributed by atoms with Crippen LogP contribution >= 0.6 is 0 Å². The lowest BCUT2D eigenvalue weighted by molar-refractivity contribution is -0.125. The number of hydrogen-bond donors (Lipinski definition) is 1. The van der Waals surface area contributed by atoms with Gasteiger partial charge in [0.1, 0.15) is 18.0 Å². The molecule has 1 saturated heterocycles. The van der Waals surface area contributed by atoms with Crippen molar-refractivity contribution in [3.63, 3.8) is 0 Å². The number of nitrogens with one attached hydrogen (secondary N) is 1. The Balaban J connectivity index is 1.43. The van der Waals surface area contributed by atoms with Gasteiger partial charge in [-0.05, 0) is 67.5 Å². The maximum absolute atomic E-state index is 13.4. The van der Waals surface area contributed by atoms with E-state index in [9.17, 15) is 18.0 Å². The van der Waals surface area contributed by atoms with Gasteiger partial charge in [0.15, 0.2) is 6.61 Å². The zero-order valence-corrected chi connectivity index (χ0v) is 22.4. The lowest BCUT2D eigenvalue weighted by atomic mass is 9.94. The number of benzene rings is 2. The normalized spacial score (nSPS) is 20.2. The number of ether oxygens (including phenoxy) is 2. The minimum absolute atomic E-state index is 0.0896. The summed E-state index contributed by atoms with van der Waals surface area (Å²) in [5, 5.41) is 2.84. The molecule has 0 saturated carbocycles. The van der Waals surface area contributed by atoms with Crippen LogP contribution in [-0.2, 0) is 26.0 Å². The minimum Gasteiger partial charge on any atom is -0.494 e. The fourth-order valence-electron chi connectivity index (χ4n) is 4.93. The molecule has 0 spiro atoms. The van der Waals surface area contributed by atoms with Crippen molar-refractivity contribution in [2.24, 2.45) is 11.8 Å². The van der Waals surface area contributed by atoms with E-state index in [-0.39, 0.29) is 41.5 Å². The summed E-state index contributed by atoms with van der Waals surface area (Å²) in [6.45, 7) is 7.51. The van der Waals surface area contributed by atoms with Gasteiger partial charge in [-0.3, -0.25) is 14.5 Å². The lowest BCUT2D eigenvalue weighted by Crippen LogP contribution is -2.45. The molecule has 37 heavy (non-hydrogen) atoms. The van der Waals surface area contributed by atoms with Gasteiger partial charge in [0.2, 0.25) is 15.9 Å². The number of nitrogens with zero attached hydrogens (tertiary/aromatic N) is 2. The maximum Gasteiger partial charge on any atom is 0.265 e. The van der Waals surface area contributed by atoms with E-state index < -0.39 is 15.9 Å². The SMILES string of the molecule is CCOc1ccc(CCNC(=O)CN2C(=O)COc3ccc(S(=O)(=O)N4C[C@@H](C)C[C@H](C)C4)cc32)cc1. The molecule has 1 fully saturated rings. The molecule has 0 unspecified atom stereocenters. The van der Waals surface area contributed by atoms with Gasteiger partial charge < -0.3 is 14.8 Å². The predicted octanol–water partition coefficient (Wildman–Crippen LogP) is 2.84. The summed E-state index contributed by atoms with van der Waals surface area (Å²) in [6, 6.07) is 12.2. The molecule has 2 amide bonds. The molecule has 0 radical (unpaired) electrons. The van der Waals surface area contributed by atoms with Crippen LogP contribution < -0.4 is 19.7 Å². The van der Waals surface area contributed by atoms with Crippen LogP contribution in [0.25, 0.3) is 0 Å². The van der Waals surface area contributed by atoms with Gasteiger partial charge in [0, 0.05) is 19.6 Å². The van der Waals surface area contributed by atoms with Crippen LogP contribution in [0.1, 0.15) is 32.8 Å². The number of hydrogen-bond acceptors (Lipinski definition) is 6. The summed E-state index contributed by atoms with van der Waals surface area (Å²) >= 11 is 0. The van der Waals surface area contributed by atoms with Crippen molar-refractivity contribution in [2.45, 2.75) is 38.5 Å². The summed E-state index contributed by atoms with van der Waals surface area (Å²) in [5.41, 5.74) is 1.34. The smallest absolute Gasteiger partial charge is 0.265 e. The van der Waals surface area contributed by atoms with E-state index in [1.165, 1.54) is 21.3 Å². The van der Waals surface area contributed by atoms with Crippen molar-refractivity contribution in [1.29, 1.82) is 0 Å². The number of amides is 2. The van der Waals surface area contributed by atoms with Crippen molar-refractivity contribution in [3.05, 3.63) is 48.0 Å². The first-order valence-electron chi connectivity index (χ1n) is 12.7. The molecular formula is C27H35N3O6S. The fraction of sp³-hybridized carbons (Fsp3) is 0.481. The van der Waals surface area contributed by atoms with Crippen LogP contribution in [0.15, 0.2) is 47.4 Å². The molecular weight excluding hydrogens is 494 g/mol. The van der Waals surface area contributed by atoms with Crippen molar-refractivity contribution >= 4 is 27.5 Å². The Kier molecular flexibility index (Phi) is 8.39. The number of sulfonamides is 1. The van der Waals surface area contributed by atoms with Crippen LogP contribution in [-0.4, -0.2) is 63.9 Å². The predicted molar refractivity (Wildman–Crippen MR) is 140 cm³/mol. The van der Waals surface area contributed by atoms with E-state index in [1.807, 2.05) is 45.0 Å². The second-order valence-electron chi connectivity index (χ2n) is 9.84. The Morgan fingerprint density at radius 3 is 2.49 bits per heavy atom. The molecule has 0 bridgehead atoms. The van der Waals surface area contributed by atoms with Crippen molar-refractivity contribution in [2.75, 3.05) is 44.3 Å². The zero-order chi connectivity index (χ0) is 26.6. The van der Waals surface area contributed by atoms with E-state index in [2.05, 4.69) is 5.32 Å². The third-order valence-electron chi connectivity index (χ3n) is 6.62. The average Bonchev–Trinajstić information content (AvgIpc) is 2.86. The first-order valence-corrected chi connectivity index (χ1v) is 14.2. The monoisotopic (exact) mass is 529 g/mol. The molecule has 2 aliphatic rings. The summed E-state index contributed by atoms with van der Waals surface area (Å²) in [5.74, 6) is 0.974. The van der Waals surface area contributed by atoms with Gasteiger partial charge in [-0.25, -0.2) is 8.42 Å². The molecule has 10 heteroatoms. The molecule has 0 aromatic heterocycles. The zero-order valence-electron chi connectivity index (χ0n) is 21.6. The van der Waals surface area contributed by atoms with Crippen molar-refractivity contribution in [1.82, 2.24) is 9.62 Å². The van der Waals surface area contributed by atoms with Gasteiger partial charge in [0.05, 0.1) is 17.2 Å². The second kappa shape index (κ2) is 11.5. The number of carbonyl (C=O) groups excluding carboxylic acids is 2. The number of anilines is 1. The maximum atomic E-state index is 13.4. The summed E-state index contributed by atoms with van der Waals surface area (Å²) in [7, 11) is -3.75. The Morgan fingerprint density at radius 2 is 1.81 bits per heavy atom. The van der Waals surface area contributed by atoms with Crippen molar-refractivity contribution in [3.8, 4) is 11.5 Å². The Bertz CT molecular complexity index is 1220. The van der Waals surface area contributed by atoms with E-state index in [4.69, 9.17) is 9.47 Å². The first-order chi connectivity index (χ1) is 17.7. The van der Waals surface area contributed by atoms with Crippen molar-refractivity contribution < 1.29 is 27.5 Å². The quantitative estimate of drug-likeness (QED) is 0.536. The fourth-order valence-corrected chi connectivity index (χ4v) is 6.63. The average molecular weight is 530 g/mol. The van der Waals surface area contributed by atoms with Crippen LogP contribution in [0.2, 0.25) is 0 Å². The van der Waals surface area contributed by atoms with Gasteiger partial charge in [0.25, 0.3) is 5.91 Å². The minimum atomic E-state index is -3.75. The molecule has 2 aromatic rings. The number of piperidine rings is 1.